The normalized spacial score (nSPS) is 20.7. The highest BCUT2D eigenvalue weighted by atomic mass is 35.5. The number of amides is 4. The summed E-state index contributed by atoms with van der Waals surface area (Å²) in [5.41, 5.74) is 2.21. The largest absolute Gasteiger partial charge is 0.325 e. The lowest BCUT2D eigenvalue weighted by Crippen LogP contribution is -2.43. The van der Waals surface area contributed by atoms with Crippen LogP contribution in [0.2, 0.25) is 5.02 Å². The van der Waals surface area contributed by atoms with Crippen LogP contribution in [-0.4, -0.2) is 29.3 Å². The molecule has 1 spiro atoms. The number of fused-ring (bicyclic) bond motifs is 2. The molecule has 6 nitrogen and oxygen atoms in total. The first-order valence-corrected chi connectivity index (χ1v) is 9.07. The number of benzene rings is 2. The number of nitrogens with zero attached hydrogens (tertiary/aromatic N) is 1. The summed E-state index contributed by atoms with van der Waals surface area (Å²) in [5, 5.41) is 5.87. The van der Waals surface area contributed by atoms with Crippen LogP contribution in [0.1, 0.15) is 23.1 Å². The summed E-state index contributed by atoms with van der Waals surface area (Å²) >= 11 is 6.13. The van der Waals surface area contributed by atoms with Gasteiger partial charge in [0.2, 0.25) is 5.91 Å². The van der Waals surface area contributed by atoms with Gasteiger partial charge in [-0.1, -0.05) is 41.9 Å². The molecule has 1 heterocycles. The van der Waals surface area contributed by atoms with E-state index in [-0.39, 0.29) is 12.5 Å². The molecule has 138 valence electrons. The van der Waals surface area contributed by atoms with E-state index in [1.165, 1.54) is 0 Å². The van der Waals surface area contributed by atoms with Crippen LogP contribution < -0.4 is 10.6 Å². The van der Waals surface area contributed by atoms with E-state index >= 15 is 0 Å². The van der Waals surface area contributed by atoms with Gasteiger partial charge >= 0.3 is 6.03 Å². The average Bonchev–Trinajstić information content (AvgIpc) is 3.11. The first-order chi connectivity index (χ1) is 12.9. The van der Waals surface area contributed by atoms with E-state index in [0.29, 0.717) is 23.6 Å². The molecule has 1 atom stereocenters. The quantitative estimate of drug-likeness (QED) is 0.800. The predicted octanol–water partition coefficient (Wildman–Crippen LogP) is 2.98. The van der Waals surface area contributed by atoms with Crippen molar-refractivity contribution < 1.29 is 14.4 Å². The second-order valence-corrected chi connectivity index (χ2v) is 7.32. The molecular weight excluding hydrogens is 366 g/mol. The zero-order chi connectivity index (χ0) is 19.2. The summed E-state index contributed by atoms with van der Waals surface area (Å²) in [6.07, 6.45) is 1.21. The number of carbonyl (C=O) groups excluding carboxylic acids is 3. The Morgan fingerprint density at radius 3 is 2.81 bits per heavy atom. The molecule has 0 aromatic heterocycles. The minimum atomic E-state index is -1.06. The predicted molar refractivity (Wildman–Crippen MR) is 102 cm³/mol. The van der Waals surface area contributed by atoms with Crippen molar-refractivity contribution in [1.82, 2.24) is 10.2 Å². The van der Waals surface area contributed by atoms with E-state index < -0.39 is 17.5 Å². The van der Waals surface area contributed by atoms with E-state index in [1.54, 1.807) is 12.1 Å². The lowest BCUT2D eigenvalue weighted by atomic mass is 9.92. The summed E-state index contributed by atoms with van der Waals surface area (Å²) in [5.74, 6) is -0.866. The number of rotatable bonds is 3. The first kappa shape index (κ1) is 17.5. The van der Waals surface area contributed by atoms with Gasteiger partial charge in [-0.05, 0) is 48.6 Å². The molecule has 0 bridgehead atoms. The molecule has 2 aromatic rings. The van der Waals surface area contributed by atoms with Gasteiger partial charge in [-0.2, -0.15) is 0 Å². The Morgan fingerprint density at radius 2 is 2.04 bits per heavy atom. The van der Waals surface area contributed by atoms with Crippen molar-refractivity contribution in [1.29, 1.82) is 0 Å². The molecule has 1 aliphatic heterocycles. The molecule has 4 rings (SSSR count). The summed E-state index contributed by atoms with van der Waals surface area (Å²) in [4.78, 5) is 38.9. The van der Waals surface area contributed by atoms with Crippen molar-refractivity contribution >= 4 is 35.1 Å². The van der Waals surface area contributed by atoms with Crippen LogP contribution in [0.25, 0.3) is 0 Å². The van der Waals surface area contributed by atoms with Gasteiger partial charge in [-0.15, -0.1) is 0 Å². The third-order valence-corrected chi connectivity index (χ3v) is 5.44. The number of hydrogen-bond acceptors (Lipinski definition) is 3. The maximum Gasteiger partial charge on any atom is 0.325 e. The van der Waals surface area contributed by atoms with Crippen LogP contribution in [-0.2, 0) is 21.5 Å². The Kier molecular flexibility index (Phi) is 4.15. The number of nitrogens with one attached hydrogen (secondary N) is 2. The van der Waals surface area contributed by atoms with Gasteiger partial charge in [0, 0.05) is 0 Å². The van der Waals surface area contributed by atoms with Crippen molar-refractivity contribution in [3.05, 3.63) is 64.2 Å². The summed E-state index contributed by atoms with van der Waals surface area (Å²) < 4.78 is 0. The third kappa shape index (κ3) is 2.86. The Labute approximate surface area is 161 Å². The van der Waals surface area contributed by atoms with Gasteiger partial charge in [0.25, 0.3) is 5.91 Å². The minimum absolute atomic E-state index is 0.362. The highest BCUT2D eigenvalue weighted by Gasteiger charge is 2.55. The molecule has 2 aromatic carbocycles. The van der Waals surface area contributed by atoms with E-state index in [4.69, 9.17) is 11.6 Å². The molecule has 2 N–H and O–H groups in total. The number of carbonyl (C=O) groups is 3. The SMILES string of the molecule is Cc1ccc(NC(=O)CN2C(=O)N[C@@]3(CCc4ccccc43)C2=O)c(Cl)c1. The monoisotopic (exact) mass is 383 g/mol. The summed E-state index contributed by atoms with van der Waals surface area (Å²) in [6, 6.07) is 12.3. The highest BCUT2D eigenvalue weighted by Crippen LogP contribution is 2.41. The van der Waals surface area contributed by atoms with Gasteiger partial charge in [-0.25, -0.2) is 4.79 Å². The Balaban J connectivity index is 1.53. The van der Waals surface area contributed by atoms with E-state index in [2.05, 4.69) is 10.6 Å². The lowest BCUT2D eigenvalue weighted by molar-refractivity contribution is -0.134. The van der Waals surface area contributed by atoms with Crippen molar-refractivity contribution in [2.24, 2.45) is 0 Å². The Morgan fingerprint density at radius 1 is 1.26 bits per heavy atom. The molecule has 27 heavy (non-hydrogen) atoms. The number of anilines is 1. The zero-order valence-corrected chi connectivity index (χ0v) is 15.5. The van der Waals surface area contributed by atoms with Crippen LogP contribution in [0.15, 0.2) is 42.5 Å². The molecular formula is C20H18ClN3O3. The molecule has 1 saturated heterocycles. The number of halogens is 1. The fourth-order valence-corrected chi connectivity index (χ4v) is 4.07. The minimum Gasteiger partial charge on any atom is -0.323 e. The lowest BCUT2D eigenvalue weighted by Gasteiger charge is -2.22. The van der Waals surface area contributed by atoms with Crippen LogP contribution in [0.4, 0.5) is 10.5 Å². The second kappa shape index (κ2) is 6.39. The van der Waals surface area contributed by atoms with Gasteiger partial charge in [0.15, 0.2) is 0 Å². The van der Waals surface area contributed by atoms with E-state index in [1.807, 2.05) is 37.3 Å². The average molecular weight is 384 g/mol. The molecule has 1 fully saturated rings. The molecule has 1 aliphatic carbocycles. The van der Waals surface area contributed by atoms with Crippen LogP contribution >= 0.6 is 11.6 Å². The molecule has 0 radical (unpaired) electrons. The van der Waals surface area contributed by atoms with Crippen LogP contribution in [0.3, 0.4) is 0 Å². The van der Waals surface area contributed by atoms with E-state index in [9.17, 15) is 14.4 Å². The molecule has 7 heteroatoms. The standard InChI is InChI=1S/C20H18ClN3O3/c1-12-6-7-16(15(21)10-12)22-17(25)11-24-18(26)20(23-19(24)27)9-8-13-4-2-3-5-14(13)20/h2-7,10H,8-9,11H2,1H3,(H,22,25)(H,23,27)/t20-/m1/s1. The van der Waals surface area contributed by atoms with Crippen molar-refractivity contribution in [3.8, 4) is 0 Å². The van der Waals surface area contributed by atoms with Gasteiger partial charge in [0.1, 0.15) is 12.1 Å². The topological polar surface area (TPSA) is 78.5 Å². The van der Waals surface area contributed by atoms with Crippen molar-refractivity contribution in [2.45, 2.75) is 25.3 Å². The molecule has 0 saturated carbocycles. The maximum atomic E-state index is 13.0. The third-order valence-electron chi connectivity index (χ3n) is 5.12. The smallest absolute Gasteiger partial charge is 0.323 e. The van der Waals surface area contributed by atoms with Gasteiger partial charge < -0.3 is 10.6 Å². The number of hydrogen-bond donors (Lipinski definition) is 2. The van der Waals surface area contributed by atoms with Gasteiger partial charge in [-0.3, -0.25) is 14.5 Å². The van der Waals surface area contributed by atoms with Crippen LogP contribution in [0.5, 0.6) is 0 Å². The second-order valence-electron chi connectivity index (χ2n) is 6.92. The van der Waals surface area contributed by atoms with Gasteiger partial charge in [0.05, 0.1) is 10.7 Å². The maximum absolute atomic E-state index is 13.0. The number of urea groups is 1. The first-order valence-electron chi connectivity index (χ1n) is 8.69. The number of imide groups is 1. The zero-order valence-electron chi connectivity index (χ0n) is 14.7. The molecule has 0 unspecified atom stereocenters. The fraction of sp³-hybridized carbons (Fsp3) is 0.250. The summed E-state index contributed by atoms with van der Waals surface area (Å²) in [7, 11) is 0. The molecule has 2 aliphatic rings. The molecule has 4 amide bonds. The van der Waals surface area contributed by atoms with Crippen molar-refractivity contribution in [3.63, 3.8) is 0 Å². The highest BCUT2D eigenvalue weighted by molar-refractivity contribution is 6.33. The Bertz CT molecular complexity index is 975. The van der Waals surface area contributed by atoms with E-state index in [0.717, 1.165) is 21.6 Å². The number of aryl methyl sites for hydroxylation is 2. The fourth-order valence-electron chi connectivity index (χ4n) is 3.79. The summed E-state index contributed by atoms with van der Waals surface area (Å²) in [6.45, 7) is 1.53. The van der Waals surface area contributed by atoms with Crippen molar-refractivity contribution in [2.75, 3.05) is 11.9 Å². The Hall–Kier alpha value is -2.86. The van der Waals surface area contributed by atoms with Crippen LogP contribution in [0, 0.1) is 6.92 Å².